The molecule has 0 atom stereocenters. The van der Waals surface area contributed by atoms with E-state index in [4.69, 9.17) is 13.9 Å². The van der Waals surface area contributed by atoms with E-state index < -0.39 is 0 Å². The van der Waals surface area contributed by atoms with Crippen LogP contribution < -0.4 is 14.8 Å². The second-order valence-electron chi connectivity index (χ2n) is 5.67. The standard InChI is InChI=1S/C20H19BrFNO3.ClH/c1-24-19-10-14(11-23-12-16-6-4-8-25-16)9-17(21)20(19)26-13-15-5-2-3-7-18(15)22;/h2-10,23H,11-13H2,1H3;1H. The van der Waals surface area contributed by atoms with Crippen LogP contribution in [0, 0.1) is 5.82 Å². The predicted molar refractivity (Wildman–Crippen MR) is 108 cm³/mol. The lowest BCUT2D eigenvalue weighted by molar-refractivity contribution is 0.277. The van der Waals surface area contributed by atoms with E-state index >= 15 is 0 Å². The van der Waals surface area contributed by atoms with E-state index in [9.17, 15) is 4.39 Å². The molecule has 0 spiro atoms. The SMILES string of the molecule is COc1cc(CNCc2ccco2)cc(Br)c1OCc1ccccc1F.Cl. The molecule has 0 aliphatic heterocycles. The Balaban J connectivity index is 0.00000261. The fraction of sp³-hybridized carbons (Fsp3) is 0.200. The van der Waals surface area contributed by atoms with E-state index in [-0.39, 0.29) is 24.8 Å². The third-order valence-electron chi connectivity index (χ3n) is 3.83. The van der Waals surface area contributed by atoms with Crippen LogP contribution in [0.1, 0.15) is 16.9 Å². The van der Waals surface area contributed by atoms with E-state index in [2.05, 4.69) is 21.2 Å². The van der Waals surface area contributed by atoms with Crippen molar-refractivity contribution in [3.63, 3.8) is 0 Å². The molecule has 3 rings (SSSR count). The molecule has 7 heteroatoms. The average molecular weight is 457 g/mol. The van der Waals surface area contributed by atoms with Crippen molar-refractivity contribution < 1.29 is 18.3 Å². The maximum Gasteiger partial charge on any atom is 0.175 e. The molecule has 2 aromatic carbocycles. The molecule has 0 aliphatic carbocycles. The van der Waals surface area contributed by atoms with Gasteiger partial charge in [0.2, 0.25) is 0 Å². The van der Waals surface area contributed by atoms with Crippen LogP contribution in [0.3, 0.4) is 0 Å². The largest absolute Gasteiger partial charge is 0.493 e. The van der Waals surface area contributed by atoms with Crippen LogP contribution in [-0.4, -0.2) is 7.11 Å². The van der Waals surface area contributed by atoms with Gasteiger partial charge in [0.15, 0.2) is 11.5 Å². The first kappa shape index (κ1) is 21.3. The molecule has 3 aromatic rings. The van der Waals surface area contributed by atoms with Crippen molar-refractivity contribution in [2.75, 3.05) is 7.11 Å². The molecule has 0 bridgehead atoms. The molecule has 0 aliphatic rings. The normalized spacial score (nSPS) is 10.3. The van der Waals surface area contributed by atoms with Gasteiger partial charge in [-0.05, 0) is 51.8 Å². The monoisotopic (exact) mass is 455 g/mol. The Morgan fingerprint density at radius 3 is 2.63 bits per heavy atom. The number of hydrogen-bond acceptors (Lipinski definition) is 4. The Morgan fingerprint density at radius 1 is 1.11 bits per heavy atom. The van der Waals surface area contributed by atoms with Gasteiger partial charge in [0.25, 0.3) is 0 Å². The third kappa shape index (κ3) is 5.73. The first-order valence-electron chi connectivity index (χ1n) is 8.13. The smallest absolute Gasteiger partial charge is 0.175 e. The second kappa shape index (κ2) is 10.3. The zero-order valence-electron chi connectivity index (χ0n) is 14.7. The molecule has 27 heavy (non-hydrogen) atoms. The fourth-order valence-electron chi connectivity index (χ4n) is 2.52. The number of benzene rings is 2. The number of nitrogens with one attached hydrogen (secondary N) is 1. The lowest BCUT2D eigenvalue weighted by Gasteiger charge is -2.15. The van der Waals surface area contributed by atoms with Crippen molar-refractivity contribution in [3.05, 3.63) is 82.0 Å². The predicted octanol–water partition coefficient (Wildman–Crippen LogP) is 5.48. The van der Waals surface area contributed by atoms with Gasteiger partial charge in [0.05, 0.1) is 24.4 Å². The summed E-state index contributed by atoms with van der Waals surface area (Å²) in [5, 5.41) is 3.31. The van der Waals surface area contributed by atoms with Crippen molar-refractivity contribution in [1.82, 2.24) is 5.32 Å². The van der Waals surface area contributed by atoms with Gasteiger partial charge in [-0.25, -0.2) is 4.39 Å². The van der Waals surface area contributed by atoms with E-state index in [0.717, 1.165) is 15.8 Å². The number of halogens is 3. The Morgan fingerprint density at radius 2 is 1.93 bits per heavy atom. The highest BCUT2D eigenvalue weighted by atomic mass is 79.9. The number of hydrogen-bond donors (Lipinski definition) is 1. The van der Waals surface area contributed by atoms with Crippen LogP contribution >= 0.6 is 28.3 Å². The van der Waals surface area contributed by atoms with Crippen LogP contribution in [0.25, 0.3) is 0 Å². The van der Waals surface area contributed by atoms with Crippen molar-refractivity contribution in [1.29, 1.82) is 0 Å². The van der Waals surface area contributed by atoms with Gasteiger partial charge in [-0.15, -0.1) is 12.4 Å². The van der Waals surface area contributed by atoms with Gasteiger partial charge in [-0.2, -0.15) is 0 Å². The summed E-state index contributed by atoms with van der Waals surface area (Å²) in [6.07, 6.45) is 1.65. The summed E-state index contributed by atoms with van der Waals surface area (Å²) in [5.74, 6) is 1.72. The molecule has 0 amide bonds. The highest BCUT2D eigenvalue weighted by Gasteiger charge is 2.13. The summed E-state index contributed by atoms with van der Waals surface area (Å²) < 4.78 is 31.0. The zero-order valence-corrected chi connectivity index (χ0v) is 17.1. The maximum atomic E-state index is 13.8. The maximum absolute atomic E-state index is 13.8. The van der Waals surface area contributed by atoms with Crippen molar-refractivity contribution in [2.45, 2.75) is 19.7 Å². The third-order valence-corrected chi connectivity index (χ3v) is 4.42. The summed E-state index contributed by atoms with van der Waals surface area (Å²) >= 11 is 3.52. The minimum absolute atomic E-state index is 0. The van der Waals surface area contributed by atoms with Crippen LogP contribution in [0.5, 0.6) is 11.5 Å². The fourth-order valence-corrected chi connectivity index (χ4v) is 3.13. The van der Waals surface area contributed by atoms with Crippen molar-refractivity contribution in [3.8, 4) is 11.5 Å². The molecule has 0 radical (unpaired) electrons. The highest BCUT2D eigenvalue weighted by molar-refractivity contribution is 9.10. The van der Waals surface area contributed by atoms with Crippen molar-refractivity contribution in [2.24, 2.45) is 0 Å². The molecule has 1 N–H and O–H groups in total. The summed E-state index contributed by atoms with van der Waals surface area (Å²) in [6.45, 7) is 1.40. The summed E-state index contributed by atoms with van der Waals surface area (Å²) in [5.41, 5.74) is 1.52. The Bertz CT molecular complexity index is 858. The summed E-state index contributed by atoms with van der Waals surface area (Å²) in [4.78, 5) is 0. The molecule has 0 fully saturated rings. The van der Waals surface area contributed by atoms with Crippen LogP contribution in [-0.2, 0) is 19.7 Å². The molecular formula is C20H20BrClFNO3. The van der Waals surface area contributed by atoms with E-state index in [1.165, 1.54) is 6.07 Å². The lowest BCUT2D eigenvalue weighted by Crippen LogP contribution is -2.12. The first-order valence-corrected chi connectivity index (χ1v) is 8.92. The molecule has 144 valence electrons. The van der Waals surface area contributed by atoms with Gasteiger partial charge in [0, 0.05) is 12.1 Å². The molecular weight excluding hydrogens is 437 g/mol. The number of rotatable bonds is 8. The first-order chi connectivity index (χ1) is 12.7. The Hall–Kier alpha value is -2.02. The number of methoxy groups -OCH3 is 1. The minimum Gasteiger partial charge on any atom is -0.493 e. The quantitative estimate of drug-likeness (QED) is 0.487. The summed E-state index contributed by atoms with van der Waals surface area (Å²) in [7, 11) is 1.58. The number of furan rings is 1. The molecule has 0 unspecified atom stereocenters. The van der Waals surface area contributed by atoms with E-state index in [0.29, 0.717) is 30.2 Å². The van der Waals surface area contributed by atoms with E-state index in [1.54, 1.807) is 31.6 Å². The average Bonchev–Trinajstić information content (AvgIpc) is 3.15. The second-order valence-corrected chi connectivity index (χ2v) is 6.53. The Kier molecular flexibility index (Phi) is 8.16. The number of ether oxygens (including phenoxy) is 2. The summed E-state index contributed by atoms with van der Waals surface area (Å²) in [6, 6.07) is 14.2. The minimum atomic E-state index is -0.290. The molecule has 0 saturated heterocycles. The zero-order chi connectivity index (χ0) is 18.4. The van der Waals surface area contributed by atoms with Gasteiger partial charge in [-0.1, -0.05) is 18.2 Å². The lowest BCUT2D eigenvalue weighted by atomic mass is 10.2. The van der Waals surface area contributed by atoms with Gasteiger partial charge >= 0.3 is 0 Å². The van der Waals surface area contributed by atoms with Crippen LogP contribution in [0.2, 0.25) is 0 Å². The Labute approximate surface area is 172 Å². The van der Waals surface area contributed by atoms with Gasteiger partial charge in [0.1, 0.15) is 18.2 Å². The van der Waals surface area contributed by atoms with E-state index in [1.807, 2.05) is 24.3 Å². The highest BCUT2D eigenvalue weighted by Crippen LogP contribution is 2.37. The van der Waals surface area contributed by atoms with Crippen LogP contribution in [0.15, 0.2) is 63.7 Å². The van der Waals surface area contributed by atoms with Gasteiger partial charge in [-0.3, -0.25) is 0 Å². The molecule has 4 nitrogen and oxygen atoms in total. The topological polar surface area (TPSA) is 43.6 Å². The van der Waals surface area contributed by atoms with Crippen LogP contribution in [0.4, 0.5) is 4.39 Å². The van der Waals surface area contributed by atoms with Gasteiger partial charge < -0.3 is 19.2 Å². The molecule has 1 heterocycles. The van der Waals surface area contributed by atoms with Crippen molar-refractivity contribution >= 4 is 28.3 Å². The molecule has 1 aromatic heterocycles. The molecule has 0 saturated carbocycles.